The average Bonchev–Trinajstić information content (AvgIpc) is 3.27. The molecule has 0 unspecified atom stereocenters. The van der Waals surface area contributed by atoms with Crippen LogP contribution in [0.15, 0.2) is 69.8 Å². The SMILES string of the molecule is COc1ccc(OC)c(S(=O)(=O)NC[C@H](c2cccs2)S(=O)(=O)c2ccc(F)cc2)c1. The van der Waals surface area contributed by atoms with Gasteiger partial charge in [0.25, 0.3) is 0 Å². The summed E-state index contributed by atoms with van der Waals surface area (Å²) in [7, 11) is -5.43. The molecular weight excluding hydrogens is 465 g/mol. The van der Waals surface area contributed by atoms with E-state index in [-0.39, 0.29) is 15.5 Å². The third-order valence-corrected chi connectivity index (χ3v) is 9.18. The molecule has 1 atom stereocenters. The van der Waals surface area contributed by atoms with E-state index in [1.165, 1.54) is 37.7 Å². The van der Waals surface area contributed by atoms with Crippen molar-refractivity contribution in [3.05, 3.63) is 70.7 Å². The van der Waals surface area contributed by atoms with Crippen LogP contribution >= 0.6 is 11.3 Å². The second-order valence-electron chi connectivity index (χ2n) is 6.37. The van der Waals surface area contributed by atoms with Crippen LogP contribution in [0.2, 0.25) is 0 Å². The zero-order valence-electron chi connectivity index (χ0n) is 16.6. The second-order valence-corrected chi connectivity index (χ2v) is 11.2. The van der Waals surface area contributed by atoms with Gasteiger partial charge in [0.15, 0.2) is 9.84 Å². The van der Waals surface area contributed by atoms with Crippen LogP contribution in [0.4, 0.5) is 4.39 Å². The van der Waals surface area contributed by atoms with Gasteiger partial charge in [-0.1, -0.05) is 6.07 Å². The summed E-state index contributed by atoms with van der Waals surface area (Å²) in [6.07, 6.45) is 0. The Hall–Kier alpha value is -2.47. The van der Waals surface area contributed by atoms with Crippen LogP contribution < -0.4 is 14.2 Å². The Bertz CT molecular complexity index is 1240. The van der Waals surface area contributed by atoms with Gasteiger partial charge in [0.1, 0.15) is 27.5 Å². The number of rotatable bonds is 9. The maximum absolute atomic E-state index is 13.3. The number of benzene rings is 2. The molecule has 0 aliphatic heterocycles. The number of hydrogen-bond acceptors (Lipinski definition) is 7. The van der Waals surface area contributed by atoms with Crippen molar-refractivity contribution in [1.82, 2.24) is 4.72 Å². The fraction of sp³-hybridized carbons (Fsp3) is 0.200. The molecule has 1 heterocycles. The molecule has 0 fully saturated rings. The molecule has 0 amide bonds. The molecule has 0 radical (unpaired) electrons. The lowest BCUT2D eigenvalue weighted by atomic mass is 10.3. The Labute approximate surface area is 184 Å². The van der Waals surface area contributed by atoms with Gasteiger partial charge in [-0.05, 0) is 47.8 Å². The summed E-state index contributed by atoms with van der Waals surface area (Å²) < 4.78 is 78.2. The molecule has 31 heavy (non-hydrogen) atoms. The standard InChI is InChI=1S/C20H20FNO6S3/c1-27-15-7-10-17(28-2)19(12-15)31(25,26)22-13-20(18-4-3-11-29-18)30(23,24)16-8-5-14(21)6-9-16/h3-12,20,22H,13H2,1-2H3/t20-/m1/s1. The lowest BCUT2D eigenvalue weighted by Gasteiger charge is -2.18. The third kappa shape index (κ3) is 5.06. The van der Waals surface area contributed by atoms with Crippen molar-refractivity contribution in [3.8, 4) is 11.5 Å². The van der Waals surface area contributed by atoms with E-state index in [1.807, 2.05) is 0 Å². The second kappa shape index (κ2) is 9.35. The molecule has 0 saturated heterocycles. The first kappa shape index (κ1) is 23.2. The van der Waals surface area contributed by atoms with Gasteiger partial charge in [-0.2, -0.15) is 0 Å². The molecule has 3 aromatic rings. The molecule has 1 N–H and O–H groups in total. The maximum Gasteiger partial charge on any atom is 0.244 e. The van der Waals surface area contributed by atoms with Gasteiger partial charge < -0.3 is 9.47 Å². The minimum atomic E-state index is -4.15. The molecule has 166 valence electrons. The van der Waals surface area contributed by atoms with Crippen molar-refractivity contribution < 1.29 is 30.7 Å². The Kier molecular flexibility index (Phi) is 6.99. The van der Waals surface area contributed by atoms with Crippen molar-refractivity contribution in [2.45, 2.75) is 15.0 Å². The topological polar surface area (TPSA) is 98.8 Å². The van der Waals surface area contributed by atoms with Crippen molar-refractivity contribution in [3.63, 3.8) is 0 Å². The van der Waals surface area contributed by atoms with E-state index >= 15 is 0 Å². The predicted octanol–water partition coefficient (Wildman–Crippen LogP) is 3.40. The minimum Gasteiger partial charge on any atom is -0.497 e. The smallest absolute Gasteiger partial charge is 0.244 e. The largest absolute Gasteiger partial charge is 0.497 e. The molecule has 0 spiro atoms. The van der Waals surface area contributed by atoms with E-state index < -0.39 is 37.5 Å². The van der Waals surface area contributed by atoms with Gasteiger partial charge in [-0.25, -0.2) is 25.9 Å². The van der Waals surface area contributed by atoms with E-state index in [0.29, 0.717) is 10.6 Å². The van der Waals surface area contributed by atoms with E-state index in [1.54, 1.807) is 23.6 Å². The lowest BCUT2D eigenvalue weighted by Crippen LogP contribution is -2.32. The molecule has 7 nitrogen and oxygen atoms in total. The summed E-state index contributed by atoms with van der Waals surface area (Å²) in [6.45, 7) is -0.428. The van der Waals surface area contributed by atoms with Crippen molar-refractivity contribution in [2.24, 2.45) is 0 Å². The number of sulfone groups is 1. The molecular formula is C20H20FNO6S3. The highest BCUT2D eigenvalue weighted by atomic mass is 32.2. The highest BCUT2D eigenvalue weighted by Gasteiger charge is 2.32. The normalized spacial score (nSPS) is 13.0. The van der Waals surface area contributed by atoms with Gasteiger partial charge in [-0.3, -0.25) is 0 Å². The van der Waals surface area contributed by atoms with Crippen LogP contribution in [0.25, 0.3) is 0 Å². The van der Waals surface area contributed by atoms with Crippen molar-refractivity contribution >= 4 is 31.2 Å². The maximum atomic E-state index is 13.3. The van der Waals surface area contributed by atoms with Gasteiger partial charge >= 0.3 is 0 Å². The quantitative estimate of drug-likeness (QED) is 0.467. The lowest BCUT2D eigenvalue weighted by molar-refractivity contribution is 0.392. The molecule has 11 heteroatoms. The number of sulfonamides is 1. The van der Waals surface area contributed by atoms with Crippen LogP contribution in [0.1, 0.15) is 10.1 Å². The Morgan fingerprint density at radius 2 is 1.71 bits per heavy atom. The van der Waals surface area contributed by atoms with Crippen LogP contribution in [0, 0.1) is 5.82 Å². The number of halogens is 1. The minimum absolute atomic E-state index is 0.0855. The van der Waals surface area contributed by atoms with Crippen LogP contribution in [-0.2, 0) is 19.9 Å². The Balaban J connectivity index is 1.96. The summed E-state index contributed by atoms with van der Waals surface area (Å²) in [5.74, 6) is -0.185. The van der Waals surface area contributed by atoms with Crippen LogP contribution in [0.3, 0.4) is 0 Å². The summed E-state index contributed by atoms with van der Waals surface area (Å²) in [6, 6.07) is 12.0. The molecule has 0 saturated carbocycles. The summed E-state index contributed by atoms with van der Waals surface area (Å²) >= 11 is 1.18. The summed E-state index contributed by atoms with van der Waals surface area (Å²) in [5, 5.41) is 0.492. The predicted molar refractivity (Wildman–Crippen MR) is 115 cm³/mol. The third-order valence-electron chi connectivity index (χ3n) is 4.50. The van der Waals surface area contributed by atoms with E-state index in [2.05, 4.69) is 4.72 Å². The van der Waals surface area contributed by atoms with Crippen LogP contribution in [0.5, 0.6) is 11.5 Å². The highest BCUT2D eigenvalue weighted by Crippen LogP contribution is 2.33. The summed E-state index contributed by atoms with van der Waals surface area (Å²) in [5.41, 5.74) is 0. The highest BCUT2D eigenvalue weighted by molar-refractivity contribution is 7.92. The fourth-order valence-electron chi connectivity index (χ4n) is 2.88. The monoisotopic (exact) mass is 485 g/mol. The fourth-order valence-corrected chi connectivity index (χ4v) is 7.00. The number of methoxy groups -OCH3 is 2. The first-order chi connectivity index (χ1) is 14.7. The number of thiophene rings is 1. The zero-order chi connectivity index (χ0) is 22.6. The van der Waals surface area contributed by atoms with E-state index in [0.717, 1.165) is 24.3 Å². The Morgan fingerprint density at radius 3 is 2.29 bits per heavy atom. The molecule has 1 aromatic heterocycles. The molecule has 2 aromatic carbocycles. The van der Waals surface area contributed by atoms with Crippen LogP contribution in [-0.4, -0.2) is 37.6 Å². The van der Waals surface area contributed by atoms with Crippen molar-refractivity contribution in [1.29, 1.82) is 0 Å². The zero-order valence-corrected chi connectivity index (χ0v) is 19.1. The van der Waals surface area contributed by atoms with Gasteiger partial charge in [0, 0.05) is 17.5 Å². The number of ether oxygens (including phenoxy) is 2. The van der Waals surface area contributed by atoms with E-state index in [9.17, 15) is 21.2 Å². The van der Waals surface area contributed by atoms with Gasteiger partial charge in [0.05, 0.1) is 19.1 Å². The molecule has 3 rings (SSSR count). The van der Waals surface area contributed by atoms with Gasteiger partial charge in [0.2, 0.25) is 10.0 Å². The number of nitrogens with one attached hydrogen (secondary N) is 1. The van der Waals surface area contributed by atoms with E-state index in [4.69, 9.17) is 9.47 Å². The first-order valence-corrected chi connectivity index (χ1v) is 12.8. The molecule has 0 bridgehead atoms. The van der Waals surface area contributed by atoms with Crippen molar-refractivity contribution in [2.75, 3.05) is 20.8 Å². The summed E-state index contributed by atoms with van der Waals surface area (Å²) in [4.78, 5) is 0.161. The first-order valence-electron chi connectivity index (χ1n) is 8.93. The Morgan fingerprint density at radius 1 is 1.00 bits per heavy atom. The number of hydrogen-bond donors (Lipinski definition) is 1. The van der Waals surface area contributed by atoms with Gasteiger partial charge in [-0.15, -0.1) is 11.3 Å². The average molecular weight is 486 g/mol. The molecule has 0 aliphatic carbocycles. The molecule has 0 aliphatic rings.